The zero-order valence-corrected chi connectivity index (χ0v) is 10.6. The van der Waals surface area contributed by atoms with Gasteiger partial charge in [0.05, 0.1) is 12.4 Å². The summed E-state index contributed by atoms with van der Waals surface area (Å²) in [6.07, 6.45) is 1.47. The van der Waals surface area contributed by atoms with E-state index >= 15 is 0 Å². The largest absolute Gasteiger partial charge is 0.488 e. The van der Waals surface area contributed by atoms with E-state index in [1.807, 2.05) is 0 Å². The highest BCUT2D eigenvalue weighted by Crippen LogP contribution is 2.20. The van der Waals surface area contributed by atoms with Crippen molar-refractivity contribution in [3.8, 4) is 5.75 Å². The standard InChI is InChI=1S/C11H15F2NO3S/c12-9-5-4-6-10(13)11(9)17-7-2-1-3-8-18(14,15)16/h4-6H,1-3,7-8H2,(H2,14,15,16). The van der Waals surface area contributed by atoms with Crippen molar-refractivity contribution < 1.29 is 21.9 Å². The molecule has 0 saturated carbocycles. The number of unbranched alkanes of at least 4 members (excludes halogenated alkanes) is 2. The second-order valence-corrected chi connectivity index (χ2v) is 5.56. The lowest BCUT2D eigenvalue weighted by molar-refractivity contribution is 0.276. The first kappa shape index (κ1) is 14.8. The summed E-state index contributed by atoms with van der Waals surface area (Å²) in [6.45, 7) is 0.127. The number of benzene rings is 1. The minimum atomic E-state index is -3.44. The molecular weight excluding hydrogens is 264 g/mol. The van der Waals surface area contributed by atoms with Crippen molar-refractivity contribution in [1.29, 1.82) is 0 Å². The van der Waals surface area contributed by atoms with Gasteiger partial charge >= 0.3 is 0 Å². The van der Waals surface area contributed by atoms with Crippen LogP contribution < -0.4 is 9.88 Å². The Hall–Kier alpha value is -1.21. The maximum absolute atomic E-state index is 13.1. The lowest BCUT2D eigenvalue weighted by Gasteiger charge is -2.07. The Morgan fingerprint density at radius 1 is 1.11 bits per heavy atom. The van der Waals surface area contributed by atoms with Crippen molar-refractivity contribution in [3.63, 3.8) is 0 Å². The number of nitrogens with two attached hydrogens (primary N) is 1. The molecule has 0 spiro atoms. The third-order valence-electron chi connectivity index (χ3n) is 2.24. The van der Waals surface area contributed by atoms with E-state index < -0.39 is 27.4 Å². The number of halogens is 2. The van der Waals surface area contributed by atoms with Gasteiger partial charge in [0.25, 0.3) is 0 Å². The van der Waals surface area contributed by atoms with Gasteiger partial charge in [-0.1, -0.05) is 6.07 Å². The molecule has 4 nitrogen and oxygen atoms in total. The van der Waals surface area contributed by atoms with Crippen molar-refractivity contribution in [2.75, 3.05) is 12.4 Å². The number of ether oxygens (including phenoxy) is 1. The molecule has 0 unspecified atom stereocenters. The number of para-hydroxylation sites is 1. The summed E-state index contributed by atoms with van der Waals surface area (Å²) in [4.78, 5) is 0. The quantitative estimate of drug-likeness (QED) is 0.774. The molecule has 0 amide bonds. The Kier molecular flexibility index (Phi) is 5.49. The fourth-order valence-electron chi connectivity index (χ4n) is 1.38. The molecule has 1 aromatic rings. The van der Waals surface area contributed by atoms with Crippen LogP contribution in [-0.4, -0.2) is 20.8 Å². The first-order valence-corrected chi connectivity index (χ1v) is 7.19. The van der Waals surface area contributed by atoms with Crippen LogP contribution >= 0.6 is 0 Å². The summed E-state index contributed by atoms with van der Waals surface area (Å²) in [5.74, 6) is -2.00. The Balaban J connectivity index is 2.26. The molecule has 1 rings (SSSR count). The van der Waals surface area contributed by atoms with Gasteiger partial charge in [0.1, 0.15) is 0 Å². The van der Waals surface area contributed by atoms with Gasteiger partial charge < -0.3 is 4.74 Å². The van der Waals surface area contributed by atoms with Crippen LogP contribution in [-0.2, 0) is 10.0 Å². The van der Waals surface area contributed by atoms with Crippen molar-refractivity contribution in [3.05, 3.63) is 29.8 Å². The molecule has 102 valence electrons. The maximum atomic E-state index is 13.1. The van der Waals surface area contributed by atoms with Crippen molar-refractivity contribution >= 4 is 10.0 Å². The van der Waals surface area contributed by atoms with Crippen LogP contribution in [0.2, 0.25) is 0 Å². The molecule has 0 atom stereocenters. The maximum Gasteiger partial charge on any atom is 0.209 e. The Morgan fingerprint density at radius 2 is 1.72 bits per heavy atom. The monoisotopic (exact) mass is 279 g/mol. The van der Waals surface area contributed by atoms with Crippen LogP contribution in [0.4, 0.5) is 8.78 Å². The molecule has 0 bridgehead atoms. The predicted molar refractivity (Wildman–Crippen MR) is 63.7 cm³/mol. The van der Waals surface area contributed by atoms with Gasteiger partial charge in [-0.3, -0.25) is 0 Å². The van der Waals surface area contributed by atoms with E-state index in [2.05, 4.69) is 0 Å². The lowest BCUT2D eigenvalue weighted by Crippen LogP contribution is -2.16. The molecule has 0 heterocycles. The third-order valence-corrected chi connectivity index (χ3v) is 3.10. The van der Waals surface area contributed by atoms with Crippen molar-refractivity contribution in [2.24, 2.45) is 5.14 Å². The summed E-state index contributed by atoms with van der Waals surface area (Å²) in [7, 11) is -3.44. The molecule has 2 N–H and O–H groups in total. The fourth-order valence-corrected chi connectivity index (χ4v) is 1.98. The van der Waals surface area contributed by atoms with Crippen LogP contribution in [0.5, 0.6) is 5.75 Å². The van der Waals surface area contributed by atoms with Gasteiger partial charge in [0.15, 0.2) is 17.4 Å². The van der Waals surface area contributed by atoms with E-state index in [1.54, 1.807) is 0 Å². The summed E-state index contributed by atoms with van der Waals surface area (Å²) >= 11 is 0. The third kappa shape index (κ3) is 5.42. The Labute approximate surface area is 105 Å². The second-order valence-electron chi connectivity index (χ2n) is 3.83. The summed E-state index contributed by atoms with van der Waals surface area (Å²) in [6, 6.07) is 3.47. The first-order valence-electron chi connectivity index (χ1n) is 5.47. The van der Waals surface area contributed by atoms with E-state index in [9.17, 15) is 17.2 Å². The minimum Gasteiger partial charge on any atom is -0.488 e. The van der Waals surface area contributed by atoms with Gasteiger partial charge in [-0.05, 0) is 31.4 Å². The molecule has 0 fully saturated rings. The van der Waals surface area contributed by atoms with Gasteiger partial charge in [0, 0.05) is 0 Å². The molecule has 0 aromatic heterocycles. The number of hydrogen-bond acceptors (Lipinski definition) is 3. The Bertz CT molecular complexity index is 471. The minimum absolute atomic E-state index is 0.0962. The fraction of sp³-hybridized carbons (Fsp3) is 0.455. The van der Waals surface area contributed by atoms with Crippen LogP contribution in [0, 0.1) is 11.6 Å². The molecule has 0 radical (unpaired) electrons. The SMILES string of the molecule is NS(=O)(=O)CCCCCOc1c(F)cccc1F. The Morgan fingerprint density at radius 3 is 2.28 bits per heavy atom. The first-order chi connectivity index (χ1) is 8.40. The predicted octanol–water partition coefficient (Wildman–Crippen LogP) is 1.80. The molecule has 0 aliphatic heterocycles. The van der Waals surface area contributed by atoms with Crippen LogP contribution in [0.1, 0.15) is 19.3 Å². The van der Waals surface area contributed by atoms with E-state index in [0.717, 1.165) is 12.1 Å². The molecular formula is C11H15F2NO3S. The number of primary sulfonamides is 1. The number of sulfonamides is 1. The van der Waals surface area contributed by atoms with Gasteiger partial charge in [-0.15, -0.1) is 0 Å². The van der Waals surface area contributed by atoms with E-state index in [-0.39, 0.29) is 12.4 Å². The van der Waals surface area contributed by atoms with Crippen LogP contribution in [0.3, 0.4) is 0 Å². The average molecular weight is 279 g/mol. The molecule has 1 aromatic carbocycles. The molecule has 0 saturated heterocycles. The van der Waals surface area contributed by atoms with Crippen LogP contribution in [0.15, 0.2) is 18.2 Å². The number of hydrogen-bond donors (Lipinski definition) is 1. The summed E-state index contributed by atoms with van der Waals surface area (Å²) in [5, 5.41) is 4.82. The van der Waals surface area contributed by atoms with Gasteiger partial charge in [-0.25, -0.2) is 22.3 Å². The smallest absolute Gasteiger partial charge is 0.209 e. The average Bonchev–Trinajstić information content (AvgIpc) is 2.25. The number of rotatable bonds is 7. The normalized spacial score (nSPS) is 11.5. The highest BCUT2D eigenvalue weighted by atomic mass is 32.2. The highest BCUT2D eigenvalue weighted by Gasteiger charge is 2.09. The van der Waals surface area contributed by atoms with Crippen LogP contribution in [0.25, 0.3) is 0 Å². The van der Waals surface area contributed by atoms with E-state index in [1.165, 1.54) is 6.07 Å². The van der Waals surface area contributed by atoms with Crippen molar-refractivity contribution in [2.45, 2.75) is 19.3 Å². The lowest BCUT2D eigenvalue weighted by atomic mass is 10.2. The molecule has 7 heteroatoms. The highest BCUT2D eigenvalue weighted by molar-refractivity contribution is 7.89. The van der Waals surface area contributed by atoms with Gasteiger partial charge in [-0.2, -0.15) is 0 Å². The van der Waals surface area contributed by atoms with E-state index in [4.69, 9.17) is 9.88 Å². The van der Waals surface area contributed by atoms with Gasteiger partial charge in [0.2, 0.25) is 10.0 Å². The topological polar surface area (TPSA) is 69.4 Å². The van der Waals surface area contributed by atoms with Crippen molar-refractivity contribution in [1.82, 2.24) is 0 Å². The molecule has 18 heavy (non-hydrogen) atoms. The summed E-state index contributed by atoms with van der Waals surface area (Å²) in [5.41, 5.74) is 0. The molecule has 0 aliphatic rings. The zero-order valence-electron chi connectivity index (χ0n) is 9.73. The van der Waals surface area contributed by atoms with E-state index in [0.29, 0.717) is 19.3 Å². The zero-order chi connectivity index (χ0) is 13.6. The summed E-state index contributed by atoms with van der Waals surface area (Å²) < 4.78 is 52.5. The molecule has 0 aliphatic carbocycles. The second kappa shape index (κ2) is 6.65.